The third kappa shape index (κ3) is 5.29. The number of halogens is 2. The summed E-state index contributed by atoms with van der Waals surface area (Å²) in [5, 5.41) is 1.35. The van der Waals surface area contributed by atoms with Gasteiger partial charge in [0.2, 0.25) is 0 Å². The second kappa shape index (κ2) is 9.47. The Bertz CT molecular complexity index is 954. The Kier molecular flexibility index (Phi) is 7.01. The Hall–Kier alpha value is -2.00. The first kappa shape index (κ1) is 20.7. The molecule has 2 aromatic carbocycles. The first-order valence-electron chi connectivity index (χ1n) is 10.1. The lowest BCUT2D eigenvalue weighted by Gasteiger charge is -2.14. The van der Waals surface area contributed by atoms with Crippen LogP contribution in [0.5, 0.6) is 0 Å². The van der Waals surface area contributed by atoms with Gasteiger partial charge in [-0.1, -0.05) is 57.5 Å². The molecule has 0 fully saturated rings. The zero-order valence-corrected chi connectivity index (χ0v) is 17.7. The maximum absolute atomic E-state index is 13.3. The van der Waals surface area contributed by atoms with Crippen molar-refractivity contribution in [3.63, 3.8) is 0 Å². The molecule has 0 aliphatic rings. The minimum atomic E-state index is -0.802. The Morgan fingerprint density at radius 1 is 0.964 bits per heavy atom. The highest BCUT2D eigenvalue weighted by atomic mass is 32.1. The summed E-state index contributed by atoms with van der Waals surface area (Å²) in [6.45, 7) is 6.68. The zero-order valence-electron chi connectivity index (χ0n) is 16.8. The lowest BCUT2D eigenvalue weighted by Crippen LogP contribution is -1.97. The van der Waals surface area contributed by atoms with Gasteiger partial charge < -0.3 is 0 Å². The second-order valence-electron chi connectivity index (χ2n) is 7.75. The molecular weight excluding hydrogens is 370 g/mol. The number of hydrogen-bond acceptors (Lipinski definition) is 1. The van der Waals surface area contributed by atoms with Crippen LogP contribution in [0.3, 0.4) is 0 Å². The van der Waals surface area contributed by atoms with E-state index in [0.29, 0.717) is 17.4 Å². The Morgan fingerprint density at radius 3 is 2.54 bits per heavy atom. The summed E-state index contributed by atoms with van der Waals surface area (Å²) in [5.74, 6) is -0.713. The van der Waals surface area contributed by atoms with Gasteiger partial charge in [0, 0.05) is 9.58 Å². The van der Waals surface area contributed by atoms with E-state index in [4.69, 9.17) is 0 Å². The molecule has 0 amide bonds. The Balaban J connectivity index is 1.58. The number of aryl methyl sites for hydroxylation is 1. The number of hydrogen-bond donors (Lipinski definition) is 0. The molecule has 3 heteroatoms. The van der Waals surface area contributed by atoms with Gasteiger partial charge in [-0.25, -0.2) is 8.78 Å². The van der Waals surface area contributed by atoms with Crippen LogP contribution in [-0.4, -0.2) is 0 Å². The molecule has 0 saturated carbocycles. The molecule has 28 heavy (non-hydrogen) atoms. The molecule has 0 aliphatic heterocycles. The van der Waals surface area contributed by atoms with Gasteiger partial charge >= 0.3 is 0 Å². The highest BCUT2D eigenvalue weighted by molar-refractivity contribution is 7.19. The summed E-state index contributed by atoms with van der Waals surface area (Å²) < 4.78 is 27.7. The van der Waals surface area contributed by atoms with E-state index in [1.165, 1.54) is 39.1 Å². The van der Waals surface area contributed by atoms with Gasteiger partial charge in [0.25, 0.3) is 0 Å². The van der Waals surface area contributed by atoms with Crippen molar-refractivity contribution in [1.82, 2.24) is 0 Å². The maximum Gasteiger partial charge on any atom is 0.159 e. The highest BCUT2D eigenvalue weighted by Crippen LogP contribution is 2.31. The summed E-state index contributed by atoms with van der Waals surface area (Å²) in [7, 11) is 0. The minimum Gasteiger partial charge on any atom is -0.204 e. The van der Waals surface area contributed by atoms with Crippen LogP contribution in [0, 0.1) is 17.6 Å². The van der Waals surface area contributed by atoms with E-state index in [-0.39, 0.29) is 0 Å². The first-order valence-corrected chi connectivity index (χ1v) is 10.9. The second-order valence-corrected chi connectivity index (χ2v) is 8.92. The third-order valence-electron chi connectivity index (χ3n) is 5.28. The van der Waals surface area contributed by atoms with E-state index in [0.717, 1.165) is 19.3 Å². The fourth-order valence-electron chi connectivity index (χ4n) is 3.45. The lowest BCUT2D eigenvalue weighted by atomic mass is 9.92. The molecular formula is C25H28F2S. The van der Waals surface area contributed by atoms with Crippen LogP contribution < -0.4 is 0 Å². The number of allylic oxidation sites excluding steroid dienone is 1. The standard InChI is InChI=1S/C25H28F2S/c1-4-5-22-15-21-12-11-20(16-25(21)28-22)18(3)8-6-17(2)7-9-19-10-13-23(26)24(27)14-19/h7,9-18H,4-6,8H2,1-3H3/b9-7+. The molecule has 3 aromatic rings. The predicted molar refractivity (Wildman–Crippen MR) is 118 cm³/mol. The molecule has 1 aromatic heterocycles. The van der Waals surface area contributed by atoms with Gasteiger partial charge in [-0.15, -0.1) is 11.3 Å². The van der Waals surface area contributed by atoms with E-state index in [9.17, 15) is 8.78 Å². The molecule has 3 rings (SSSR count). The number of fused-ring (bicyclic) bond motifs is 1. The number of rotatable bonds is 8. The lowest BCUT2D eigenvalue weighted by molar-refractivity contribution is 0.508. The molecule has 2 atom stereocenters. The molecule has 0 aliphatic carbocycles. The molecule has 148 valence electrons. The Morgan fingerprint density at radius 2 is 1.79 bits per heavy atom. The molecule has 0 radical (unpaired) electrons. The van der Waals surface area contributed by atoms with E-state index in [2.05, 4.69) is 51.1 Å². The SMILES string of the molecule is CCCc1cc2ccc(C(C)CCC(C)/C=C/c3ccc(F)c(F)c3)cc2s1. The average molecular weight is 399 g/mol. The van der Waals surface area contributed by atoms with Crippen molar-refractivity contribution in [2.45, 2.75) is 52.4 Å². The normalized spacial score (nSPS) is 14.0. The van der Waals surface area contributed by atoms with Crippen molar-refractivity contribution >= 4 is 27.5 Å². The van der Waals surface area contributed by atoms with Gasteiger partial charge in [0.1, 0.15) is 0 Å². The zero-order chi connectivity index (χ0) is 20.1. The summed E-state index contributed by atoms with van der Waals surface area (Å²) >= 11 is 1.92. The van der Waals surface area contributed by atoms with Crippen molar-refractivity contribution in [2.24, 2.45) is 5.92 Å². The molecule has 0 spiro atoms. The van der Waals surface area contributed by atoms with Crippen molar-refractivity contribution in [2.75, 3.05) is 0 Å². The van der Waals surface area contributed by atoms with Crippen LogP contribution in [0.4, 0.5) is 8.78 Å². The van der Waals surface area contributed by atoms with E-state index < -0.39 is 11.6 Å². The Labute approximate surface area is 170 Å². The van der Waals surface area contributed by atoms with Crippen LogP contribution in [0.2, 0.25) is 0 Å². The van der Waals surface area contributed by atoms with Gasteiger partial charge in [-0.3, -0.25) is 0 Å². The van der Waals surface area contributed by atoms with Gasteiger partial charge in [-0.2, -0.15) is 0 Å². The van der Waals surface area contributed by atoms with Gasteiger partial charge in [-0.05, 0) is 71.9 Å². The van der Waals surface area contributed by atoms with E-state index in [1.807, 2.05) is 17.4 Å². The summed E-state index contributed by atoms with van der Waals surface area (Å²) in [5.41, 5.74) is 2.10. The molecule has 0 nitrogen and oxygen atoms in total. The molecule has 0 N–H and O–H groups in total. The third-order valence-corrected chi connectivity index (χ3v) is 6.43. The van der Waals surface area contributed by atoms with Crippen molar-refractivity contribution in [1.29, 1.82) is 0 Å². The van der Waals surface area contributed by atoms with Crippen LogP contribution in [0.25, 0.3) is 16.2 Å². The van der Waals surface area contributed by atoms with Gasteiger partial charge in [0.15, 0.2) is 11.6 Å². The smallest absolute Gasteiger partial charge is 0.159 e. The van der Waals surface area contributed by atoms with Crippen molar-refractivity contribution in [3.8, 4) is 0 Å². The summed E-state index contributed by atoms with van der Waals surface area (Å²) in [4.78, 5) is 1.47. The number of benzene rings is 2. The first-order chi connectivity index (χ1) is 13.5. The summed E-state index contributed by atoms with van der Waals surface area (Å²) in [6, 6.07) is 13.2. The summed E-state index contributed by atoms with van der Waals surface area (Å²) in [6.07, 6.45) is 8.47. The average Bonchev–Trinajstić information content (AvgIpc) is 3.08. The van der Waals surface area contributed by atoms with Crippen molar-refractivity contribution in [3.05, 3.63) is 76.2 Å². The monoisotopic (exact) mass is 398 g/mol. The van der Waals surface area contributed by atoms with E-state index >= 15 is 0 Å². The fourth-order valence-corrected chi connectivity index (χ4v) is 4.66. The minimum absolute atomic E-state index is 0.386. The highest BCUT2D eigenvalue weighted by Gasteiger charge is 2.10. The predicted octanol–water partition coefficient (Wildman–Crippen LogP) is 8.37. The maximum atomic E-state index is 13.3. The van der Waals surface area contributed by atoms with Gasteiger partial charge in [0.05, 0.1) is 0 Å². The number of thiophene rings is 1. The molecule has 0 bridgehead atoms. The fraction of sp³-hybridized carbons (Fsp3) is 0.360. The van der Waals surface area contributed by atoms with Crippen LogP contribution in [0.1, 0.15) is 62.0 Å². The molecule has 1 heterocycles. The van der Waals surface area contributed by atoms with E-state index in [1.54, 1.807) is 6.07 Å². The quantitative estimate of drug-likeness (QED) is 0.357. The molecule has 2 unspecified atom stereocenters. The van der Waals surface area contributed by atoms with Crippen LogP contribution in [-0.2, 0) is 6.42 Å². The van der Waals surface area contributed by atoms with Crippen molar-refractivity contribution < 1.29 is 8.78 Å². The van der Waals surface area contributed by atoms with Crippen LogP contribution in [0.15, 0.2) is 48.5 Å². The largest absolute Gasteiger partial charge is 0.204 e. The topological polar surface area (TPSA) is 0 Å². The van der Waals surface area contributed by atoms with Crippen LogP contribution >= 0.6 is 11.3 Å². The molecule has 0 saturated heterocycles.